The molecule has 0 spiro atoms. The van der Waals surface area contributed by atoms with Crippen LogP contribution in [0.5, 0.6) is 0 Å². The summed E-state index contributed by atoms with van der Waals surface area (Å²) in [5.74, 6) is -8.13. The fourth-order valence-electron chi connectivity index (χ4n) is 5.75. The van der Waals surface area contributed by atoms with Crippen LogP contribution in [0.3, 0.4) is 0 Å². The first-order valence-corrected chi connectivity index (χ1v) is 14.3. The van der Waals surface area contributed by atoms with Gasteiger partial charge in [0, 0.05) is 20.5 Å². The van der Waals surface area contributed by atoms with Crippen molar-refractivity contribution in [2.24, 2.45) is 11.8 Å². The topological polar surface area (TPSA) is 269 Å². The number of aliphatic carboxylic acids is 1. The number of ether oxygens (including phenoxy) is 6. The van der Waals surface area contributed by atoms with E-state index in [4.69, 9.17) is 33.8 Å². The van der Waals surface area contributed by atoms with Gasteiger partial charge in [-0.15, -0.1) is 0 Å². The molecule has 0 bridgehead atoms. The lowest BCUT2D eigenvalue weighted by Gasteiger charge is -2.51. The maximum atomic E-state index is 12.6. The first-order valence-electron chi connectivity index (χ1n) is 14.3. The van der Waals surface area contributed by atoms with Crippen LogP contribution < -0.4 is 0 Å². The van der Waals surface area contributed by atoms with Crippen LogP contribution in [0.4, 0.5) is 0 Å². The molecule has 3 rings (SSSR count). The summed E-state index contributed by atoms with van der Waals surface area (Å²) in [6.45, 7) is 6.61. The van der Waals surface area contributed by atoms with Crippen molar-refractivity contribution in [3.05, 3.63) is 11.3 Å². The lowest BCUT2D eigenvalue weighted by molar-refractivity contribution is -0.340. The molecule has 12 atom stereocenters. The average Bonchev–Trinajstić information content (AvgIpc) is 2.95. The Balaban J connectivity index is 1.95. The molecule has 2 heterocycles. The lowest BCUT2D eigenvalue weighted by atomic mass is 9.76. The Morgan fingerprint density at radius 3 is 2.27 bits per heavy atom. The van der Waals surface area contributed by atoms with Gasteiger partial charge in [0.1, 0.15) is 60.3 Å². The lowest BCUT2D eigenvalue weighted by Crippen LogP contribution is -2.67. The van der Waals surface area contributed by atoms with Gasteiger partial charge in [-0.2, -0.15) is 0 Å². The molecule has 45 heavy (non-hydrogen) atoms. The summed E-state index contributed by atoms with van der Waals surface area (Å²) < 4.78 is 33.4. The molecule has 12 unspecified atom stereocenters. The van der Waals surface area contributed by atoms with Gasteiger partial charge >= 0.3 is 17.9 Å². The number of aliphatic hydroxyl groups excluding tert-OH is 4. The number of hydrogen-bond acceptors (Lipinski definition) is 16. The van der Waals surface area contributed by atoms with E-state index in [2.05, 4.69) is 0 Å². The summed E-state index contributed by atoms with van der Waals surface area (Å²) in [4.78, 5) is 48.1. The number of methoxy groups -OCH3 is 1. The Kier molecular flexibility index (Phi) is 11.5. The molecule has 0 aromatic carbocycles. The number of carbonyl (C=O) groups is 4. The third-order valence-corrected chi connectivity index (χ3v) is 8.36. The molecule has 7 N–H and O–H groups in total. The first kappa shape index (κ1) is 36.4. The highest BCUT2D eigenvalue weighted by Gasteiger charge is 2.58. The average molecular weight is 648 g/mol. The summed E-state index contributed by atoms with van der Waals surface area (Å²) in [6, 6.07) is 0. The monoisotopic (exact) mass is 647 g/mol. The Morgan fingerprint density at radius 2 is 1.73 bits per heavy atom. The summed E-state index contributed by atoms with van der Waals surface area (Å²) >= 11 is 0. The number of ketones is 1. The maximum absolute atomic E-state index is 12.6. The summed E-state index contributed by atoms with van der Waals surface area (Å²) in [5.41, 5.74) is -4.16. The number of carbonyl (C=O) groups excluding carboxylic acids is 3. The highest BCUT2D eigenvalue weighted by molar-refractivity contribution is 6.52. The van der Waals surface area contributed by atoms with E-state index in [1.165, 1.54) is 21.0 Å². The SMILES string of the molecule is COC1CC(OC2C(O)C(COC(C)=O)OC(C3C(O)=C(C(=O)O)C(=N)C(=O)C3O)C2O)OC(C)C1(O)C(C)OC(=O)C(C)C. The minimum Gasteiger partial charge on any atom is -0.511 e. The second kappa shape index (κ2) is 14.2. The summed E-state index contributed by atoms with van der Waals surface area (Å²) in [5, 5.41) is 72.8. The minimum absolute atomic E-state index is 0.229. The van der Waals surface area contributed by atoms with Crippen molar-refractivity contribution >= 4 is 29.4 Å². The molecule has 17 heteroatoms. The van der Waals surface area contributed by atoms with Gasteiger partial charge in [0.05, 0.1) is 30.1 Å². The van der Waals surface area contributed by atoms with Crippen molar-refractivity contribution in [2.75, 3.05) is 13.7 Å². The van der Waals surface area contributed by atoms with Crippen molar-refractivity contribution in [1.82, 2.24) is 0 Å². The standard InChI is InChI=1S/C28H41NO16/c1-9(2)27(38)43-11(4)28(39)10(3)42-15(7-14(28)40-6)45-25-19(31)13(8-41-12(5)30)44-24(23(25)35)17-20(32)16(26(36)37)18(29)22(34)21(17)33/h9-11,13-15,17,19,21,23-25,29,31-33,35,39H,7-8H2,1-6H3,(H,36,37). The highest BCUT2D eigenvalue weighted by atomic mass is 16.7. The van der Waals surface area contributed by atoms with Crippen LogP contribution in [0.25, 0.3) is 0 Å². The molecule has 0 saturated carbocycles. The third kappa shape index (κ3) is 7.05. The fraction of sp³-hybridized carbons (Fsp3) is 0.750. The zero-order valence-corrected chi connectivity index (χ0v) is 25.6. The second-order valence-electron chi connectivity index (χ2n) is 11.6. The van der Waals surface area contributed by atoms with E-state index in [0.29, 0.717) is 0 Å². The van der Waals surface area contributed by atoms with Gasteiger partial charge in [-0.3, -0.25) is 19.8 Å². The molecule has 0 amide bonds. The number of carboxylic acid groups (broad SMARTS) is 1. The Morgan fingerprint density at radius 1 is 1.11 bits per heavy atom. The van der Waals surface area contributed by atoms with E-state index in [1.54, 1.807) is 13.8 Å². The fourth-order valence-corrected chi connectivity index (χ4v) is 5.75. The first-order chi connectivity index (χ1) is 20.9. The van der Waals surface area contributed by atoms with Crippen LogP contribution in [0.2, 0.25) is 0 Å². The van der Waals surface area contributed by atoms with Gasteiger partial charge < -0.3 is 59.1 Å². The minimum atomic E-state index is -2.24. The van der Waals surface area contributed by atoms with Crippen LogP contribution in [0.1, 0.15) is 41.0 Å². The van der Waals surface area contributed by atoms with Crippen LogP contribution >= 0.6 is 0 Å². The van der Waals surface area contributed by atoms with Crippen LogP contribution in [0, 0.1) is 17.2 Å². The van der Waals surface area contributed by atoms with Crippen molar-refractivity contribution in [3.63, 3.8) is 0 Å². The summed E-state index contributed by atoms with van der Waals surface area (Å²) in [6.07, 6.45) is -15.9. The van der Waals surface area contributed by atoms with E-state index >= 15 is 0 Å². The van der Waals surface area contributed by atoms with Crippen molar-refractivity contribution < 1.29 is 78.2 Å². The van der Waals surface area contributed by atoms with E-state index in [9.17, 15) is 49.8 Å². The Bertz CT molecular complexity index is 1200. The van der Waals surface area contributed by atoms with Crippen molar-refractivity contribution in [3.8, 4) is 0 Å². The summed E-state index contributed by atoms with van der Waals surface area (Å²) in [7, 11) is 1.29. The molecule has 2 fully saturated rings. The molecule has 0 radical (unpaired) electrons. The molecular weight excluding hydrogens is 606 g/mol. The van der Waals surface area contributed by atoms with Gasteiger partial charge in [0.25, 0.3) is 0 Å². The van der Waals surface area contributed by atoms with E-state index in [0.717, 1.165) is 6.92 Å². The molecular formula is C28H41NO16. The molecule has 0 aromatic heterocycles. The number of aliphatic hydroxyl groups is 5. The normalized spacial score (nSPS) is 38.2. The number of carboxylic acids is 1. The number of Topliss-reactive ketones (excluding diaryl/α,β-unsaturated/α-hetero) is 1. The predicted molar refractivity (Wildman–Crippen MR) is 147 cm³/mol. The molecule has 1 aliphatic carbocycles. The van der Waals surface area contributed by atoms with Crippen molar-refractivity contribution in [1.29, 1.82) is 5.41 Å². The van der Waals surface area contributed by atoms with E-state index in [-0.39, 0.29) is 6.42 Å². The van der Waals surface area contributed by atoms with Crippen LogP contribution in [0.15, 0.2) is 11.3 Å². The van der Waals surface area contributed by atoms with Gasteiger partial charge in [0.2, 0.25) is 5.78 Å². The van der Waals surface area contributed by atoms with Crippen molar-refractivity contribution in [2.45, 2.75) is 108 Å². The number of nitrogens with one attached hydrogen (secondary N) is 1. The third-order valence-electron chi connectivity index (χ3n) is 8.36. The second-order valence-corrected chi connectivity index (χ2v) is 11.6. The largest absolute Gasteiger partial charge is 0.511 e. The molecule has 254 valence electrons. The molecule has 17 nitrogen and oxygen atoms in total. The maximum Gasteiger partial charge on any atom is 0.341 e. The van der Waals surface area contributed by atoms with E-state index in [1.807, 2.05) is 0 Å². The van der Waals surface area contributed by atoms with Gasteiger partial charge in [-0.1, -0.05) is 13.8 Å². The zero-order valence-electron chi connectivity index (χ0n) is 25.6. The predicted octanol–water partition coefficient (Wildman–Crippen LogP) is -1.63. The van der Waals surface area contributed by atoms with Crippen LogP contribution in [-0.4, -0.2) is 141 Å². The van der Waals surface area contributed by atoms with Crippen LogP contribution in [-0.2, 0) is 47.6 Å². The van der Waals surface area contributed by atoms with Gasteiger partial charge in [-0.05, 0) is 13.8 Å². The Hall–Kier alpha value is -3.03. The smallest absolute Gasteiger partial charge is 0.341 e. The number of hydrogen-bond donors (Lipinski definition) is 7. The van der Waals surface area contributed by atoms with E-state index < -0.39 is 126 Å². The number of esters is 2. The van der Waals surface area contributed by atoms with Gasteiger partial charge in [0.15, 0.2) is 11.9 Å². The zero-order chi connectivity index (χ0) is 34.1. The molecule has 2 aliphatic heterocycles. The number of rotatable bonds is 10. The highest BCUT2D eigenvalue weighted by Crippen LogP contribution is 2.40. The Labute approximate surface area is 258 Å². The van der Waals surface area contributed by atoms with Gasteiger partial charge in [-0.25, -0.2) is 4.79 Å². The quantitative estimate of drug-likeness (QED) is 0.131. The molecule has 3 aliphatic rings. The molecule has 2 saturated heterocycles. The molecule has 0 aromatic rings.